The minimum atomic E-state index is -0.302. The second-order valence-electron chi connectivity index (χ2n) is 8.25. The van der Waals surface area contributed by atoms with Crippen molar-refractivity contribution in [1.82, 2.24) is 19.7 Å². The molecule has 5 rings (SSSR count). The zero-order valence-corrected chi connectivity index (χ0v) is 16.0. The first-order valence-electron chi connectivity index (χ1n) is 10.0. The van der Waals surface area contributed by atoms with E-state index in [0.717, 1.165) is 35.7 Å². The van der Waals surface area contributed by atoms with Crippen molar-refractivity contribution in [3.8, 4) is 0 Å². The number of imide groups is 1. The van der Waals surface area contributed by atoms with Gasteiger partial charge in [0.05, 0.1) is 0 Å². The van der Waals surface area contributed by atoms with Crippen LogP contribution in [-0.2, 0) is 4.79 Å². The number of aromatic nitrogens is 1. The third-order valence-corrected chi connectivity index (χ3v) is 6.79. The van der Waals surface area contributed by atoms with Crippen LogP contribution in [0.15, 0.2) is 30.5 Å². The Bertz CT molecular complexity index is 947. The molecule has 4 heterocycles. The molecule has 3 aliphatic rings. The predicted molar refractivity (Wildman–Crippen MR) is 104 cm³/mol. The summed E-state index contributed by atoms with van der Waals surface area (Å²) in [4.78, 5) is 46.2. The van der Waals surface area contributed by atoms with Crippen molar-refractivity contribution in [1.29, 1.82) is 0 Å². The van der Waals surface area contributed by atoms with Crippen LogP contribution in [0.25, 0.3) is 10.9 Å². The first-order valence-corrected chi connectivity index (χ1v) is 10.0. The molecule has 0 bridgehead atoms. The summed E-state index contributed by atoms with van der Waals surface area (Å²) >= 11 is 0. The van der Waals surface area contributed by atoms with E-state index in [9.17, 15) is 14.4 Å². The molecule has 3 saturated heterocycles. The highest BCUT2D eigenvalue weighted by atomic mass is 16.2. The van der Waals surface area contributed by atoms with E-state index in [1.807, 2.05) is 42.3 Å². The summed E-state index contributed by atoms with van der Waals surface area (Å²) in [5.74, 6) is 0.00451. The van der Waals surface area contributed by atoms with Crippen molar-refractivity contribution in [3.63, 3.8) is 0 Å². The molecule has 4 amide bonds. The summed E-state index contributed by atoms with van der Waals surface area (Å²) in [7, 11) is 0. The van der Waals surface area contributed by atoms with Crippen LogP contribution in [0.4, 0.5) is 4.79 Å². The molecule has 3 fully saturated rings. The lowest BCUT2D eigenvalue weighted by atomic mass is 9.76. The summed E-state index contributed by atoms with van der Waals surface area (Å²) < 4.78 is 0. The van der Waals surface area contributed by atoms with E-state index in [-0.39, 0.29) is 29.3 Å². The molecule has 7 nitrogen and oxygen atoms in total. The van der Waals surface area contributed by atoms with Gasteiger partial charge in [0.2, 0.25) is 0 Å². The molecular weight excluding hydrogens is 356 g/mol. The van der Waals surface area contributed by atoms with E-state index in [0.29, 0.717) is 26.2 Å². The Morgan fingerprint density at radius 3 is 2.71 bits per heavy atom. The van der Waals surface area contributed by atoms with E-state index >= 15 is 0 Å². The number of nitrogens with zero attached hydrogens (tertiary/aromatic N) is 3. The summed E-state index contributed by atoms with van der Waals surface area (Å²) in [6.45, 7) is 4.24. The van der Waals surface area contributed by atoms with Crippen molar-refractivity contribution >= 4 is 28.7 Å². The molecule has 1 unspecified atom stereocenters. The Morgan fingerprint density at radius 1 is 1.21 bits per heavy atom. The standard InChI is InChI=1S/C21H24N4O3/c1-2-24-19(27)17-12-21(13-25(17)20(24)28)7-10-23(11-8-21)18(26)15-4-3-5-16-14(15)6-9-22-16/h3-6,9,17,22H,2,7-8,10-13H2,1H3. The second kappa shape index (κ2) is 6.09. The molecule has 7 heteroatoms. The summed E-state index contributed by atoms with van der Waals surface area (Å²) in [6, 6.07) is 7.24. The highest BCUT2D eigenvalue weighted by Crippen LogP contribution is 2.46. The van der Waals surface area contributed by atoms with Crippen LogP contribution in [0.3, 0.4) is 0 Å². The van der Waals surface area contributed by atoms with Crippen molar-refractivity contribution in [2.45, 2.75) is 32.2 Å². The molecule has 28 heavy (non-hydrogen) atoms. The van der Waals surface area contributed by atoms with Gasteiger partial charge in [0, 0.05) is 48.8 Å². The number of piperidine rings is 1. The van der Waals surface area contributed by atoms with Crippen LogP contribution in [0.2, 0.25) is 0 Å². The Morgan fingerprint density at radius 2 is 2.00 bits per heavy atom. The van der Waals surface area contributed by atoms with Gasteiger partial charge in [-0.2, -0.15) is 0 Å². The predicted octanol–water partition coefficient (Wildman–Crippen LogP) is 2.45. The number of likely N-dealkylation sites (N-methyl/N-ethyl adjacent to an activating group) is 1. The molecule has 1 N–H and O–H groups in total. The highest BCUT2D eigenvalue weighted by molar-refractivity contribution is 6.06. The Kier molecular flexibility index (Phi) is 3.76. The maximum absolute atomic E-state index is 13.1. The number of H-pyrrole nitrogens is 1. The summed E-state index contributed by atoms with van der Waals surface area (Å²) in [6.07, 6.45) is 4.25. The van der Waals surface area contributed by atoms with Gasteiger partial charge in [-0.25, -0.2) is 4.79 Å². The average molecular weight is 380 g/mol. The largest absolute Gasteiger partial charge is 0.361 e. The highest BCUT2D eigenvalue weighted by Gasteiger charge is 2.56. The van der Waals surface area contributed by atoms with Crippen LogP contribution >= 0.6 is 0 Å². The van der Waals surface area contributed by atoms with Crippen molar-refractivity contribution < 1.29 is 14.4 Å². The van der Waals surface area contributed by atoms with Gasteiger partial charge in [-0.1, -0.05) is 6.07 Å². The van der Waals surface area contributed by atoms with Gasteiger partial charge in [0.1, 0.15) is 6.04 Å². The second-order valence-corrected chi connectivity index (χ2v) is 8.25. The van der Waals surface area contributed by atoms with Crippen LogP contribution in [0.5, 0.6) is 0 Å². The lowest BCUT2D eigenvalue weighted by Crippen LogP contribution is -2.45. The number of likely N-dealkylation sites (tertiary alicyclic amines) is 1. The third kappa shape index (κ3) is 2.38. The van der Waals surface area contributed by atoms with E-state index in [1.165, 1.54) is 4.90 Å². The van der Waals surface area contributed by atoms with E-state index in [2.05, 4.69) is 4.98 Å². The Labute approximate surface area is 163 Å². The Hall–Kier alpha value is -2.83. The minimum absolute atomic E-state index is 0.0350. The fourth-order valence-electron chi connectivity index (χ4n) is 5.19. The molecule has 1 atom stereocenters. The van der Waals surface area contributed by atoms with Gasteiger partial charge in [-0.05, 0) is 49.8 Å². The fraction of sp³-hybridized carbons (Fsp3) is 0.476. The zero-order valence-electron chi connectivity index (χ0n) is 16.0. The average Bonchev–Trinajstić information content (AvgIpc) is 3.38. The van der Waals surface area contributed by atoms with Crippen molar-refractivity contribution in [3.05, 3.63) is 36.0 Å². The number of aromatic amines is 1. The zero-order chi connectivity index (χ0) is 19.5. The van der Waals surface area contributed by atoms with Gasteiger partial charge in [-0.15, -0.1) is 0 Å². The molecule has 1 aromatic heterocycles. The van der Waals surface area contributed by atoms with Crippen LogP contribution in [-0.4, -0.2) is 69.8 Å². The van der Waals surface area contributed by atoms with Crippen molar-refractivity contribution in [2.75, 3.05) is 26.2 Å². The summed E-state index contributed by atoms with van der Waals surface area (Å²) in [5.41, 5.74) is 1.66. The quantitative estimate of drug-likeness (QED) is 0.813. The van der Waals surface area contributed by atoms with E-state index in [4.69, 9.17) is 0 Å². The molecule has 0 saturated carbocycles. The number of amides is 4. The fourth-order valence-corrected chi connectivity index (χ4v) is 5.19. The van der Waals surface area contributed by atoms with Gasteiger partial charge in [-0.3, -0.25) is 14.5 Å². The van der Waals surface area contributed by atoms with Gasteiger partial charge >= 0.3 is 6.03 Å². The van der Waals surface area contributed by atoms with Gasteiger partial charge < -0.3 is 14.8 Å². The number of carbonyl (C=O) groups is 3. The number of carbonyl (C=O) groups excluding carboxylic acids is 3. The number of benzene rings is 1. The smallest absolute Gasteiger partial charge is 0.327 e. The normalized spacial score (nSPS) is 23.9. The molecule has 3 aliphatic heterocycles. The molecular formula is C21H24N4O3. The molecule has 2 aromatic rings. The number of nitrogens with one attached hydrogen (secondary N) is 1. The molecule has 1 aromatic carbocycles. The maximum Gasteiger partial charge on any atom is 0.327 e. The first-order chi connectivity index (χ1) is 13.5. The van der Waals surface area contributed by atoms with E-state index < -0.39 is 0 Å². The van der Waals surface area contributed by atoms with Gasteiger partial charge in [0.15, 0.2) is 0 Å². The van der Waals surface area contributed by atoms with E-state index in [1.54, 1.807) is 4.90 Å². The molecule has 146 valence electrons. The lowest BCUT2D eigenvalue weighted by molar-refractivity contribution is -0.128. The minimum Gasteiger partial charge on any atom is -0.361 e. The first kappa shape index (κ1) is 17.3. The monoisotopic (exact) mass is 380 g/mol. The number of fused-ring (bicyclic) bond motifs is 2. The van der Waals surface area contributed by atoms with Crippen molar-refractivity contribution in [2.24, 2.45) is 5.41 Å². The molecule has 0 aliphatic carbocycles. The van der Waals surface area contributed by atoms with Crippen LogP contribution < -0.4 is 0 Å². The topological polar surface area (TPSA) is 76.7 Å². The van der Waals surface area contributed by atoms with Crippen LogP contribution in [0.1, 0.15) is 36.5 Å². The summed E-state index contributed by atoms with van der Waals surface area (Å²) in [5, 5.41) is 0.949. The maximum atomic E-state index is 13.1. The molecule has 0 radical (unpaired) electrons. The number of rotatable bonds is 2. The molecule has 1 spiro atoms. The van der Waals surface area contributed by atoms with Gasteiger partial charge in [0.25, 0.3) is 11.8 Å². The number of hydrogen-bond acceptors (Lipinski definition) is 3. The lowest BCUT2D eigenvalue weighted by Gasteiger charge is -2.39. The third-order valence-electron chi connectivity index (χ3n) is 6.79. The number of hydrogen-bond donors (Lipinski definition) is 1. The number of urea groups is 1. The Balaban J connectivity index is 1.30. The van der Waals surface area contributed by atoms with Crippen LogP contribution in [0, 0.1) is 5.41 Å². The SMILES string of the molecule is CCN1C(=O)C2CC3(CCN(C(=O)c4cccc5[nH]ccc45)CC3)CN2C1=O.